The lowest BCUT2D eigenvalue weighted by Gasteiger charge is -2.11. The number of halogens is 1. The van der Waals surface area contributed by atoms with Gasteiger partial charge in [0.05, 0.1) is 15.6 Å². The SMILES string of the molecule is CNc1ncc(Br)c(Oc2cc(C)c([N+](=O)[O-])cc2C)n1. The zero-order valence-electron chi connectivity index (χ0n) is 11.7. The van der Waals surface area contributed by atoms with E-state index in [9.17, 15) is 10.1 Å². The third-order valence-corrected chi connectivity index (χ3v) is 3.38. The van der Waals surface area contributed by atoms with E-state index in [1.807, 2.05) is 0 Å². The van der Waals surface area contributed by atoms with Crippen LogP contribution in [0.1, 0.15) is 11.1 Å². The van der Waals surface area contributed by atoms with E-state index in [1.165, 1.54) is 6.07 Å². The summed E-state index contributed by atoms with van der Waals surface area (Å²) in [7, 11) is 1.70. The number of rotatable bonds is 4. The van der Waals surface area contributed by atoms with Crippen LogP contribution in [-0.4, -0.2) is 21.9 Å². The number of aromatic nitrogens is 2. The van der Waals surface area contributed by atoms with Gasteiger partial charge < -0.3 is 10.1 Å². The van der Waals surface area contributed by atoms with Gasteiger partial charge in [-0.2, -0.15) is 4.98 Å². The first-order valence-corrected chi connectivity index (χ1v) is 6.85. The summed E-state index contributed by atoms with van der Waals surface area (Å²) >= 11 is 3.31. The Kier molecular flexibility index (Phi) is 4.37. The minimum absolute atomic E-state index is 0.0671. The molecule has 0 saturated heterocycles. The van der Waals surface area contributed by atoms with Gasteiger partial charge in [0.2, 0.25) is 11.8 Å². The molecule has 0 aliphatic rings. The second kappa shape index (κ2) is 6.04. The average Bonchev–Trinajstić information content (AvgIpc) is 2.44. The molecule has 7 nitrogen and oxygen atoms in total. The van der Waals surface area contributed by atoms with Gasteiger partial charge >= 0.3 is 0 Å². The molecule has 21 heavy (non-hydrogen) atoms. The first-order valence-electron chi connectivity index (χ1n) is 6.06. The van der Waals surface area contributed by atoms with Gasteiger partial charge in [0.15, 0.2) is 0 Å². The van der Waals surface area contributed by atoms with E-state index in [0.29, 0.717) is 33.2 Å². The predicted octanol–water partition coefficient (Wildman–Crippen LogP) is 3.60. The molecule has 0 saturated carbocycles. The normalized spacial score (nSPS) is 10.3. The largest absolute Gasteiger partial charge is 0.437 e. The van der Waals surface area contributed by atoms with Gasteiger partial charge in [-0.1, -0.05) is 0 Å². The van der Waals surface area contributed by atoms with Crippen LogP contribution in [0.25, 0.3) is 0 Å². The Hall–Kier alpha value is -2.22. The lowest BCUT2D eigenvalue weighted by Crippen LogP contribution is -2.00. The van der Waals surface area contributed by atoms with E-state index in [4.69, 9.17) is 4.74 Å². The minimum atomic E-state index is -0.411. The highest BCUT2D eigenvalue weighted by molar-refractivity contribution is 9.10. The smallest absolute Gasteiger partial charge is 0.272 e. The molecule has 0 aliphatic heterocycles. The van der Waals surface area contributed by atoms with E-state index in [-0.39, 0.29) is 5.69 Å². The summed E-state index contributed by atoms with van der Waals surface area (Å²) in [6.45, 7) is 3.41. The van der Waals surface area contributed by atoms with Gasteiger partial charge in [-0.25, -0.2) is 4.98 Å². The van der Waals surface area contributed by atoms with Crippen LogP contribution in [0.3, 0.4) is 0 Å². The minimum Gasteiger partial charge on any atom is -0.437 e. The maximum absolute atomic E-state index is 10.9. The van der Waals surface area contributed by atoms with Gasteiger partial charge in [-0.15, -0.1) is 0 Å². The molecule has 1 aromatic carbocycles. The fourth-order valence-corrected chi connectivity index (χ4v) is 2.00. The number of anilines is 1. The van der Waals surface area contributed by atoms with Gasteiger partial charge in [-0.3, -0.25) is 10.1 Å². The molecule has 0 radical (unpaired) electrons. The zero-order chi connectivity index (χ0) is 15.6. The molecule has 1 N–H and O–H groups in total. The molecule has 0 atom stereocenters. The van der Waals surface area contributed by atoms with Crippen molar-refractivity contribution < 1.29 is 9.66 Å². The number of nitro benzene ring substituents is 1. The van der Waals surface area contributed by atoms with Crippen LogP contribution < -0.4 is 10.1 Å². The number of nitro groups is 1. The molecular formula is C13H13BrN4O3. The van der Waals surface area contributed by atoms with Gasteiger partial charge in [-0.05, 0) is 41.4 Å². The van der Waals surface area contributed by atoms with Crippen LogP contribution >= 0.6 is 15.9 Å². The number of aryl methyl sites for hydroxylation is 2. The second-order valence-electron chi connectivity index (χ2n) is 4.36. The maximum Gasteiger partial charge on any atom is 0.272 e. The summed E-state index contributed by atoms with van der Waals surface area (Å²) in [6.07, 6.45) is 1.57. The van der Waals surface area contributed by atoms with E-state index in [0.717, 1.165) is 0 Å². The Morgan fingerprint density at radius 2 is 2.05 bits per heavy atom. The molecule has 0 unspecified atom stereocenters. The van der Waals surface area contributed by atoms with Crippen molar-refractivity contribution in [2.24, 2.45) is 0 Å². The topological polar surface area (TPSA) is 90.2 Å². The Morgan fingerprint density at radius 3 is 2.67 bits per heavy atom. The molecule has 0 fully saturated rings. The van der Waals surface area contributed by atoms with Crippen molar-refractivity contribution in [2.75, 3.05) is 12.4 Å². The first kappa shape index (κ1) is 15.2. The molecule has 1 aromatic heterocycles. The van der Waals surface area contributed by atoms with Crippen molar-refractivity contribution in [3.63, 3.8) is 0 Å². The summed E-state index contributed by atoms with van der Waals surface area (Å²) in [6, 6.07) is 3.11. The molecule has 0 bridgehead atoms. The van der Waals surface area contributed by atoms with Crippen molar-refractivity contribution >= 4 is 27.6 Å². The average molecular weight is 353 g/mol. The number of ether oxygens (including phenoxy) is 1. The number of nitrogens with one attached hydrogen (secondary N) is 1. The fraction of sp³-hybridized carbons (Fsp3) is 0.231. The lowest BCUT2D eigenvalue weighted by atomic mass is 10.1. The molecule has 2 aromatic rings. The summed E-state index contributed by atoms with van der Waals surface area (Å²) in [4.78, 5) is 18.7. The third kappa shape index (κ3) is 3.27. The predicted molar refractivity (Wildman–Crippen MR) is 81.9 cm³/mol. The summed E-state index contributed by atoms with van der Waals surface area (Å²) in [5.41, 5.74) is 1.25. The van der Waals surface area contributed by atoms with E-state index in [2.05, 4.69) is 31.2 Å². The van der Waals surface area contributed by atoms with Crippen molar-refractivity contribution in [3.05, 3.63) is 44.0 Å². The number of hydrogen-bond donors (Lipinski definition) is 1. The third-order valence-electron chi connectivity index (χ3n) is 2.83. The Morgan fingerprint density at radius 1 is 1.33 bits per heavy atom. The van der Waals surface area contributed by atoms with E-state index in [1.54, 1.807) is 33.2 Å². The van der Waals surface area contributed by atoms with Gasteiger partial charge in [0.25, 0.3) is 5.69 Å². The first-order chi connectivity index (χ1) is 9.92. The second-order valence-corrected chi connectivity index (χ2v) is 5.21. The Balaban J connectivity index is 2.40. The molecule has 0 aliphatic carbocycles. The summed E-state index contributed by atoms with van der Waals surface area (Å²) in [5, 5.41) is 13.7. The van der Waals surface area contributed by atoms with Crippen molar-refractivity contribution in [2.45, 2.75) is 13.8 Å². The molecule has 8 heteroatoms. The molecule has 1 heterocycles. The summed E-state index contributed by atoms with van der Waals surface area (Å²) < 4.78 is 6.33. The van der Waals surface area contributed by atoms with Crippen LogP contribution in [0, 0.1) is 24.0 Å². The highest BCUT2D eigenvalue weighted by atomic mass is 79.9. The number of nitrogens with zero attached hydrogens (tertiary/aromatic N) is 3. The summed E-state index contributed by atoms with van der Waals surface area (Å²) in [5.74, 6) is 1.27. The highest BCUT2D eigenvalue weighted by Gasteiger charge is 2.16. The lowest BCUT2D eigenvalue weighted by molar-refractivity contribution is -0.385. The van der Waals surface area contributed by atoms with Crippen LogP contribution in [0.5, 0.6) is 11.6 Å². The number of hydrogen-bond acceptors (Lipinski definition) is 6. The van der Waals surface area contributed by atoms with E-state index >= 15 is 0 Å². The van der Waals surface area contributed by atoms with Crippen LogP contribution in [-0.2, 0) is 0 Å². The molecular weight excluding hydrogens is 340 g/mol. The molecule has 110 valence electrons. The monoisotopic (exact) mass is 352 g/mol. The quantitative estimate of drug-likeness (QED) is 0.667. The molecule has 0 amide bonds. The van der Waals surface area contributed by atoms with Crippen LogP contribution in [0.2, 0.25) is 0 Å². The molecule has 2 rings (SSSR count). The van der Waals surface area contributed by atoms with Crippen molar-refractivity contribution in [3.8, 4) is 11.6 Å². The van der Waals surface area contributed by atoms with Gasteiger partial charge in [0.1, 0.15) is 5.75 Å². The van der Waals surface area contributed by atoms with Gasteiger partial charge in [0, 0.05) is 18.7 Å². The van der Waals surface area contributed by atoms with E-state index < -0.39 is 4.92 Å². The fourth-order valence-electron chi connectivity index (χ4n) is 1.73. The highest BCUT2D eigenvalue weighted by Crippen LogP contribution is 2.33. The van der Waals surface area contributed by atoms with Crippen LogP contribution in [0.15, 0.2) is 22.8 Å². The van der Waals surface area contributed by atoms with Crippen molar-refractivity contribution in [1.82, 2.24) is 9.97 Å². The Bertz CT molecular complexity index is 706. The molecule has 0 spiro atoms. The number of benzene rings is 1. The van der Waals surface area contributed by atoms with Crippen molar-refractivity contribution in [1.29, 1.82) is 0 Å². The zero-order valence-corrected chi connectivity index (χ0v) is 13.3. The van der Waals surface area contributed by atoms with Crippen LogP contribution in [0.4, 0.5) is 11.6 Å². The standard InChI is InChI=1S/C13H13BrN4O3/c1-7-5-11(8(2)4-10(7)18(19)20)21-12-9(14)6-16-13(15-3)17-12/h4-6H,1-3H3,(H,15,16,17). The maximum atomic E-state index is 10.9. The Labute approximate surface area is 129 Å².